The molecule has 3 nitrogen and oxygen atoms in total. The molecular formula is C8H17N3. The summed E-state index contributed by atoms with van der Waals surface area (Å²) in [5, 5.41) is 6.79. The molecule has 0 aliphatic carbocycles. The van der Waals surface area contributed by atoms with Crippen molar-refractivity contribution in [2.45, 2.75) is 32.4 Å². The van der Waals surface area contributed by atoms with E-state index < -0.39 is 0 Å². The van der Waals surface area contributed by atoms with Crippen molar-refractivity contribution in [3.63, 3.8) is 0 Å². The Hall–Kier alpha value is -0.660. The summed E-state index contributed by atoms with van der Waals surface area (Å²) < 4.78 is 0. The van der Waals surface area contributed by atoms with Crippen molar-refractivity contribution < 1.29 is 0 Å². The van der Waals surface area contributed by atoms with Crippen LogP contribution in [0.1, 0.15) is 26.7 Å². The highest BCUT2D eigenvalue weighted by molar-refractivity contribution is 5.37. The van der Waals surface area contributed by atoms with Gasteiger partial charge in [-0.15, -0.1) is 0 Å². The quantitative estimate of drug-likeness (QED) is 0.618. The van der Waals surface area contributed by atoms with Crippen molar-refractivity contribution in [2.24, 2.45) is 4.99 Å². The van der Waals surface area contributed by atoms with Crippen LogP contribution in [0.25, 0.3) is 0 Å². The minimum absolute atomic E-state index is 0.240. The van der Waals surface area contributed by atoms with Gasteiger partial charge in [-0.05, 0) is 27.4 Å². The highest BCUT2D eigenvalue weighted by Crippen LogP contribution is 2.18. The Morgan fingerprint density at radius 1 is 1.55 bits per heavy atom. The number of hydrogen-bond donors (Lipinski definition) is 1. The molecular weight excluding hydrogens is 138 g/mol. The van der Waals surface area contributed by atoms with Crippen LogP contribution >= 0.6 is 0 Å². The topological polar surface area (TPSA) is 39.5 Å². The van der Waals surface area contributed by atoms with E-state index in [-0.39, 0.29) is 5.66 Å². The molecule has 0 radical (unpaired) electrons. The van der Waals surface area contributed by atoms with E-state index in [0.29, 0.717) is 0 Å². The van der Waals surface area contributed by atoms with Crippen LogP contribution in [0, 0.1) is 5.41 Å². The molecule has 0 heterocycles. The smallest absolute Gasteiger partial charge is 0.120 e. The molecule has 0 bridgehead atoms. The second kappa shape index (κ2) is 4.27. The van der Waals surface area contributed by atoms with Gasteiger partial charge in [-0.2, -0.15) is 0 Å². The van der Waals surface area contributed by atoms with Gasteiger partial charge in [0.1, 0.15) is 5.66 Å². The van der Waals surface area contributed by atoms with E-state index in [4.69, 9.17) is 5.41 Å². The first-order valence-corrected chi connectivity index (χ1v) is 3.88. The summed E-state index contributed by atoms with van der Waals surface area (Å²) in [6.45, 7) is 4.12. The van der Waals surface area contributed by atoms with Gasteiger partial charge in [0.15, 0.2) is 0 Å². The van der Waals surface area contributed by atoms with Crippen LogP contribution in [0.2, 0.25) is 0 Å². The lowest BCUT2D eigenvalue weighted by molar-refractivity contribution is 0.170. The molecule has 11 heavy (non-hydrogen) atoms. The predicted octanol–water partition coefficient (Wildman–Crippen LogP) is 1.82. The standard InChI is InChI=1S/C8H17N3/c1-5-6-8(2,10-7-9)11(3)4/h9H,5-6H2,1-4H3. The second-order valence-electron chi connectivity index (χ2n) is 3.09. The highest BCUT2D eigenvalue weighted by Gasteiger charge is 2.23. The van der Waals surface area contributed by atoms with Gasteiger partial charge in [0.25, 0.3) is 0 Å². The molecule has 0 rings (SSSR count). The number of nitrogens with one attached hydrogen (secondary N) is 1. The molecule has 0 amide bonds. The van der Waals surface area contributed by atoms with Crippen LogP contribution in [0.4, 0.5) is 0 Å². The maximum Gasteiger partial charge on any atom is 0.120 e. The molecule has 0 saturated carbocycles. The molecule has 0 spiro atoms. The van der Waals surface area contributed by atoms with E-state index >= 15 is 0 Å². The number of rotatable bonds is 4. The molecule has 1 N–H and O–H groups in total. The van der Waals surface area contributed by atoms with E-state index in [9.17, 15) is 0 Å². The zero-order valence-electron chi connectivity index (χ0n) is 7.81. The molecule has 3 heteroatoms. The Kier molecular flexibility index (Phi) is 4.01. The van der Waals surface area contributed by atoms with Crippen molar-refractivity contribution in [3.05, 3.63) is 0 Å². The van der Waals surface area contributed by atoms with Crippen molar-refractivity contribution in [3.8, 4) is 0 Å². The molecule has 0 aromatic rings. The Morgan fingerprint density at radius 2 is 2.09 bits per heavy atom. The lowest BCUT2D eigenvalue weighted by Crippen LogP contribution is -2.39. The van der Waals surface area contributed by atoms with E-state index in [0.717, 1.165) is 12.8 Å². The van der Waals surface area contributed by atoms with Crippen LogP contribution in [0.5, 0.6) is 0 Å². The zero-order valence-corrected chi connectivity index (χ0v) is 7.81. The molecule has 0 aromatic carbocycles. The van der Waals surface area contributed by atoms with Gasteiger partial charge in [-0.1, -0.05) is 13.3 Å². The SMILES string of the molecule is CCCC(C)(N=C=N)N(C)C. The lowest BCUT2D eigenvalue weighted by Gasteiger charge is -2.30. The number of nitrogens with zero attached hydrogens (tertiary/aromatic N) is 2. The molecule has 1 unspecified atom stereocenters. The lowest BCUT2D eigenvalue weighted by atomic mass is 10.1. The fourth-order valence-corrected chi connectivity index (χ4v) is 0.974. The Morgan fingerprint density at radius 3 is 2.36 bits per heavy atom. The van der Waals surface area contributed by atoms with Gasteiger partial charge in [0.05, 0.1) is 6.01 Å². The summed E-state index contributed by atoms with van der Waals surface area (Å²) in [6, 6.07) is 2.11. The molecule has 0 fully saturated rings. The van der Waals surface area contributed by atoms with Crippen molar-refractivity contribution >= 4 is 6.01 Å². The van der Waals surface area contributed by atoms with Gasteiger partial charge < -0.3 is 0 Å². The van der Waals surface area contributed by atoms with Crippen molar-refractivity contribution in [1.29, 1.82) is 5.41 Å². The molecule has 0 saturated heterocycles. The van der Waals surface area contributed by atoms with Gasteiger partial charge in [0, 0.05) is 0 Å². The molecule has 1 atom stereocenters. The first kappa shape index (κ1) is 10.3. The fourth-order valence-electron chi connectivity index (χ4n) is 0.974. The summed E-state index contributed by atoms with van der Waals surface area (Å²) in [5.41, 5.74) is -0.240. The van der Waals surface area contributed by atoms with Gasteiger partial charge in [0.2, 0.25) is 0 Å². The second-order valence-corrected chi connectivity index (χ2v) is 3.09. The predicted molar refractivity (Wildman–Crippen MR) is 47.2 cm³/mol. The van der Waals surface area contributed by atoms with Crippen LogP contribution in [0.3, 0.4) is 0 Å². The van der Waals surface area contributed by atoms with Gasteiger partial charge in [-0.25, -0.2) is 10.4 Å². The average Bonchev–Trinajstić information content (AvgIpc) is 1.88. The number of hydrogen-bond acceptors (Lipinski definition) is 3. The molecule has 0 aliphatic rings. The van der Waals surface area contributed by atoms with Gasteiger partial charge >= 0.3 is 0 Å². The van der Waals surface area contributed by atoms with Crippen molar-refractivity contribution in [2.75, 3.05) is 14.1 Å². The number of aliphatic imine (C=N–C) groups is 1. The third kappa shape index (κ3) is 2.83. The Balaban J connectivity index is 4.37. The van der Waals surface area contributed by atoms with Crippen LogP contribution in [0.15, 0.2) is 4.99 Å². The largest absolute Gasteiger partial charge is 0.285 e. The normalized spacial score (nSPS) is 15.7. The van der Waals surface area contributed by atoms with E-state index in [2.05, 4.69) is 17.9 Å². The summed E-state index contributed by atoms with van der Waals surface area (Å²) in [5.74, 6) is 0. The third-order valence-electron chi connectivity index (χ3n) is 1.98. The first-order chi connectivity index (χ1) is 5.06. The summed E-state index contributed by atoms with van der Waals surface area (Å²) in [6.07, 6.45) is 2.03. The van der Waals surface area contributed by atoms with Gasteiger partial charge in [-0.3, -0.25) is 4.90 Å². The van der Waals surface area contributed by atoms with Crippen LogP contribution in [-0.4, -0.2) is 30.7 Å². The summed E-state index contributed by atoms with van der Waals surface area (Å²) in [4.78, 5) is 6.00. The molecule has 0 aromatic heterocycles. The van der Waals surface area contributed by atoms with Crippen LogP contribution < -0.4 is 0 Å². The van der Waals surface area contributed by atoms with Crippen LogP contribution in [-0.2, 0) is 0 Å². The fraction of sp³-hybridized carbons (Fsp3) is 0.875. The maximum absolute atomic E-state index is 6.79. The van der Waals surface area contributed by atoms with E-state index in [1.807, 2.05) is 25.9 Å². The highest BCUT2D eigenvalue weighted by atomic mass is 15.2. The van der Waals surface area contributed by atoms with E-state index in [1.165, 1.54) is 0 Å². The minimum atomic E-state index is -0.240. The molecule has 0 aliphatic heterocycles. The third-order valence-corrected chi connectivity index (χ3v) is 1.98. The first-order valence-electron chi connectivity index (χ1n) is 3.88. The Bertz CT molecular complexity index is 159. The average molecular weight is 155 g/mol. The van der Waals surface area contributed by atoms with E-state index in [1.54, 1.807) is 0 Å². The summed E-state index contributed by atoms with van der Waals surface area (Å²) >= 11 is 0. The zero-order chi connectivity index (χ0) is 8.91. The van der Waals surface area contributed by atoms with Crippen molar-refractivity contribution in [1.82, 2.24) is 4.90 Å². The molecule has 64 valence electrons. The Labute approximate surface area is 68.6 Å². The maximum atomic E-state index is 6.79. The monoisotopic (exact) mass is 155 g/mol. The summed E-state index contributed by atoms with van der Waals surface area (Å²) in [7, 11) is 3.94. The minimum Gasteiger partial charge on any atom is -0.285 e.